The molecule has 0 spiro atoms. The van der Waals surface area contributed by atoms with Crippen molar-refractivity contribution in [3.05, 3.63) is 0 Å². The molecule has 3 atom stereocenters. The zero-order valence-corrected chi connectivity index (χ0v) is 11.5. The van der Waals surface area contributed by atoms with Crippen molar-refractivity contribution in [1.29, 1.82) is 0 Å². The molecule has 3 nitrogen and oxygen atoms in total. The molecule has 0 aromatic heterocycles. The molecule has 1 aliphatic heterocycles. The number of hydrogen-bond acceptors (Lipinski definition) is 3. The zero-order valence-electron chi connectivity index (χ0n) is 11.5. The van der Waals surface area contributed by atoms with Crippen LogP contribution in [-0.4, -0.2) is 49.8 Å². The third-order valence-electron chi connectivity index (χ3n) is 3.23. The molecule has 1 fully saturated rings. The van der Waals surface area contributed by atoms with Gasteiger partial charge in [-0.2, -0.15) is 0 Å². The normalized spacial score (nSPS) is 28.9. The standard InChI is InChI=1S/C13H28N2O/c1-10(2)8-16-9-11(3)14-13-6-12(4)15(5)7-13/h10-14H,6-9H2,1-5H3. The van der Waals surface area contributed by atoms with Crippen LogP contribution in [0.1, 0.15) is 34.1 Å². The van der Waals surface area contributed by atoms with Crippen molar-refractivity contribution in [2.24, 2.45) is 5.92 Å². The second kappa shape index (κ2) is 6.58. The molecule has 3 heteroatoms. The lowest BCUT2D eigenvalue weighted by Crippen LogP contribution is -2.40. The van der Waals surface area contributed by atoms with Gasteiger partial charge >= 0.3 is 0 Å². The Morgan fingerprint density at radius 3 is 2.50 bits per heavy atom. The topological polar surface area (TPSA) is 24.5 Å². The van der Waals surface area contributed by atoms with E-state index in [0.717, 1.165) is 19.8 Å². The predicted octanol–water partition coefficient (Wildman–Crippen LogP) is 1.73. The van der Waals surface area contributed by atoms with Gasteiger partial charge in [-0.3, -0.25) is 0 Å². The number of hydrogen-bond donors (Lipinski definition) is 1. The Labute approximate surface area is 101 Å². The lowest BCUT2D eigenvalue weighted by atomic mass is 10.1. The molecule has 1 saturated heterocycles. The van der Waals surface area contributed by atoms with Crippen molar-refractivity contribution in [2.45, 2.75) is 52.2 Å². The summed E-state index contributed by atoms with van der Waals surface area (Å²) in [7, 11) is 2.20. The van der Waals surface area contributed by atoms with Crippen molar-refractivity contribution in [3.8, 4) is 0 Å². The SMILES string of the molecule is CC(C)COCC(C)NC1CC(C)N(C)C1. The average molecular weight is 228 g/mol. The van der Waals surface area contributed by atoms with E-state index >= 15 is 0 Å². The van der Waals surface area contributed by atoms with Crippen molar-refractivity contribution in [2.75, 3.05) is 26.8 Å². The Kier molecular flexibility index (Phi) is 5.73. The molecular formula is C13H28N2O. The van der Waals surface area contributed by atoms with Crippen LogP contribution in [0.2, 0.25) is 0 Å². The van der Waals surface area contributed by atoms with E-state index in [1.165, 1.54) is 6.42 Å². The fourth-order valence-electron chi connectivity index (χ4n) is 2.25. The summed E-state index contributed by atoms with van der Waals surface area (Å²) >= 11 is 0. The van der Waals surface area contributed by atoms with Crippen LogP contribution in [0.5, 0.6) is 0 Å². The van der Waals surface area contributed by atoms with Crippen LogP contribution >= 0.6 is 0 Å². The smallest absolute Gasteiger partial charge is 0.0617 e. The van der Waals surface area contributed by atoms with Gasteiger partial charge in [-0.05, 0) is 33.2 Å². The summed E-state index contributed by atoms with van der Waals surface area (Å²) in [5.41, 5.74) is 0. The van der Waals surface area contributed by atoms with E-state index in [2.05, 4.69) is 45.0 Å². The summed E-state index contributed by atoms with van der Waals surface area (Å²) in [5, 5.41) is 3.65. The largest absolute Gasteiger partial charge is 0.380 e. The first-order chi connectivity index (χ1) is 7.49. The minimum Gasteiger partial charge on any atom is -0.380 e. The number of nitrogens with zero attached hydrogens (tertiary/aromatic N) is 1. The monoisotopic (exact) mass is 228 g/mol. The van der Waals surface area contributed by atoms with Crippen LogP contribution in [0.3, 0.4) is 0 Å². The quantitative estimate of drug-likeness (QED) is 0.749. The Bertz CT molecular complexity index is 186. The Morgan fingerprint density at radius 2 is 2.00 bits per heavy atom. The van der Waals surface area contributed by atoms with E-state index < -0.39 is 0 Å². The van der Waals surface area contributed by atoms with E-state index in [-0.39, 0.29) is 0 Å². The van der Waals surface area contributed by atoms with Crippen molar-refractivity contribution in [3.63, 3.8) is 0 Å². The highest BCUT2D eigenvalue weighted by molar-refractivity contribution is 4.86. The minimum atomic E-state index is 0.461. The third kappa shape index (κ3) is 4.81. The van der Waals surface area contributed by atoms with E-state index in [1.54, 1.807) is 0 Å². The van der Waals surface area contributed by atoms with Crippen LogP contribution < -0.4 is 5.32 Å². The maximum Gasteiger partial charge on any atom is 0.0617 e. The molecule has 0 aromatic rings. The Hall–Kier alpha value is -0.120. The van der Waals surface area contributed by atoms with Gasteiger partial charge in [-0.25, -0.2) is 0 Å². The molecule has 0 amide bonds. The molecule has 1 rings (SSSR count). The number of likely N-dealkylation sites (tertiary alicyclic amines) is 1. The molecule has 96 valence electrons. The second-order valence-electron chi connectivity index (χ2n) is 5.72. The first-order valence-corrected chi connectivity index (χ1v) is 6.53. The maximum absolute atomic E-state index is 5.64. The van der Waals surface area contributed by atoms with Gasteiger partial charge in [0.2, 0.25) is 0 Å². The van der Waals surface area contributed by atoms with Gasteiger partial charge in [0.05, 0.1) is 6.61 Å². The number of likely N-dealkylation sites (N-methyl/N-ethyl adjacent to an activating group) is 1. The summed E-state index contributed by atoms with van der Waals surface area (Å²) in [5.74, 6) is 0.629. The molecule has 3 unspecified atom stereocenters. The summed E-state index contributed by atoms with van der Waals surface area (Å²) in [4.78, 5) is 2.42. The lowest BCUT2D eigenvalue weighted by molar-refractivity contribution is 0.0912. The Morgan fingerprint density at radius 1 is 1.31 bits per heavy atom. The maximum atomic E-state index is 5.64. The molecular weight excluding hydrogens is 200 g/mol. The zero-order chi connectivity index (χ0) is 12.1. The van der Waals surface area contributed by atoms with Crippen molar-refractivity contribution >= 4 is 0 Å². The van der Waals surface area contributed by atoms with Gasteiger partial charge in [0.1, 0.15) is 0 Å². The number of rotatable bonds is 6. The molecule has 0 saturated carbocycles. The van der Waals surface area contributed by atoms with Gasteiger partial charge < -0.3 is 15.0 Å². The van der Waals surface area contributed by atoms with Gasteiger partial charge in [0.15, 0.2) is 0 Å². The molecule has 1 heterocycles. The highest BCUT2D eigenvalue weighted by Gasteiger charge is 2.26. The summed E-state index contributed by atoms with van der Waals surface area (Å²) < 4.78 is 5.64. The fourth-order valence-corrected chi connectivity index (χ4v) is 2.25. The molecule has 0 aliphatic carbocycles. The lowest BCUT2D eigenvalue weighted by Gasteiger charge is -2.19. The molecule has 0 aromatic carbocycles. The molecule has 1 aliphatic rings. The summed E-state index contributed by atoms with van der Waals surface area (Å²) in [6.45, 7) is 11.7. The average Bonchev–Trinajstić information content (AvgIpc) is 2.44. The van der Waals surface area contributed by atoms with Gasteiger partial charge in [0.25, 0.3) is 0 Å². The molecule has 0 radical (unpaired) electrons. The Balaban J connectivity index is 2.12. The summed E-state index contributed by atoms with van der Waals surface area (Å²) in [6, 6.07) is 1.81. The third-order valence-corrected chi connectivity index (χ3v) is 3.23. The van der Waals surface area contributed by atoms with Crippen LogP contribution in [0.25, 0.3) is 0 Å². The van der Waals surface area contributed by atoms with E-state index in [9.17, 15) is 0 Å². The summed E-state index contributed by atoms with van der Waals surface area (Å²) in [6.07, 6.45) is 1.25. The van der Waals surface area contributed by atoms with E-state index in [0.29, 0.717) is 24.0 Å². The van der Waals surface area contributed by atoms with Crippen LogP contribution in [0, 0.1) is 5.92 Å². The molecule has 1 N–H and O–H groups in total. The van der Waals surface area contributed by atoms with E-state index in [4.69, 9.17) is 4.74 Å². The van der Waals surface area contributed by atoms with Gasteiger partial charge in [-0.1, -0.05) is 13.8 Å². The predicted molar refractivity (Wildman–Crippen MR) is 68.8 cm³/mol. The van der Waals surface area contributed by atoms with Crippen LogP contribution in [-0.2, 0) is 4.74 Å². The number of ether oxygens (including phenoxy) is 1. The van der Waals surface area contributed by atoms with Crippen molar-refractivity contribution in [1.82, 2.24) is 10.2 Å². The molecule has 0 bridgehead atoms. The van der Waals surface area contributed by atoms with Gasteiger partial charge in [-0.15, -0.1) is 0 Å². The highest BCUT2D eigenvalue weighted by Crippen LogP contribution is 2.15. The second-order valence-corrected chi connectivity index (χ2v) is 5.72. The first kappa shape index (κ1) is 13.9. The number of nitrogens with one attached hydrogen (secondary N) is 1. The highest BCUT2D eigenvalue weighted by atomic mass is 16.5. The van der Waals surface area contributed by atoms with Crippen molar-refractivity contribution < 1.29 is 4.74 Å². The minimum absolute atomic E-state index is 0.461. The van der Waals surface area contributed by atoms with E-state index in [1.807, 2.05) is 0 Å². The first-order valence-electron chi connectivity index (χ1n) is 6.53. The van der Waals surface area contributed by atoms with Crippen LogP contribution in [0.15, 0.2) is 0 Å². The molecule has 16 heavy (non-hydrogen) atoms. The van der Waals surface area contributed by atoms with Gasteiger partial charge in [0, 0.05) is 31.3 Å². The fraction of sp³-hybridized carbons (Fsp3) is 1.00. The van der Waals surface area contributed by atoms with Crippen LogP contribution in [0.4, 0.5) is 0 Å².